The Bertz CT molecular complexity index is 250. The Balaban J connectivity index is 1.57. The average Bonchev–Trinajstić information content (AvgIpc) is 2.85. The van der Waals surface area contributed by atoms with Gasteiger partial charge in [0.2, 0.25) is 0 Å². The van der Waals surface area contributed by atoms with Gasteiger partial charge in [0.05, 0.1) is 0 Å². The molecule has 0 spiro atoms. The van der Waals surface area contributed by atoms with E-state index < -0.39 is 0 Å². The predicted molar refractivity (Wildman–Crippen MR) is 74.3 cm³/mol. The summed E-state index contributed by atoms with van der Waals surface area (Å²) in [6.45, 7) is 0. The third-order valence-electron chi connectivity index (χ3n) is 5.34. The van der Waals surface area contributed by atoms with Crippen molar-refractivity contribution in [1.29, 1.82) is 0 Å². The average molecular weight is 254 g/mol. The fourth-order valence-electron chi connectivity index (χ4n) is 4.59. The summed E-state index contributed by atoms with van der Waals surface area (Å²) in [7, 11) is 0. The van der Waals surface area contributed by atoms with E-state index >= 15 is 0 Å². The minimum Gasteiger partial charge on any atom is -0.153 e. The lowest BCUT2D eigenvalue weighted by Gasteiger charge is -2.30. The molecule has 4 aliphatic rings. The first-order valence-corrected chi connectivity index (χ1v) is 9.13. The molecule has 90 valence electrons. The normalized spacial score (nSPS) is 55.5. The first kappa shape index (κ1) is 10.6. The van der Waals surface area contributed by atoms with Gasteiger partial charge in [-0.3, -0.25) is 0 Å². The van der Waals surface area contributed by atoms with Crippen LogP contribution in [0.5, 0.6) is 0 Å². The van der Waals surface area contributed by atoms with Crippen LogP contribution in [0.15, 0.2) is 0 Å². The molecule has 0 radical (unpaired) electrons. The third-order valence-corrected chi connectivity index (χ3v) is 9.30. The van der Waals surface area contributed by atoms with Gasteiger partial charge >= 0.3 is 0 Å². The predicted octanol–water partition coefficient (Wildman–Crippen LogP) is 4.33. The number of thioether (sulfide) groups is 2. The quantitative estimate of drug-likeness (QED) is 0.631. The molecule has 0 aromatic heterocycles. The first-order valence-electron chi connectivity index (χ1n) is 7.24. The molecule has 0 amide bonds. The Morgan fingerprint density at radius 2 is 1.00 bits per heavy atom. The fourth-order valence-corrected chi connectivity index (χ4v) is 9.37. The van der Waals surface area contributed by atoms with Crippen LogP contribution in [0.25, 0.3) is 0 Å². The van der Waals surface area contributed by atoms with Gasteiger partial charge in [-0.2, -0.15) is 23.5 Å². The van der Waals surface area contributed by atoms with E-state index in [4.69, 9.17) is 0 Å². The third kappa shape index (κ3) is 1.51. The van der Waals surface area contributed by atoms with E-state index in [1.54, 1.807) is 25.7 Å². The molecule has 2 aliphatic carbocycles. The highest BCUT2D eigenvalue weighted by atomic mass is 32.2. The molecule has 0 bridgehead atoms. The first-order chi connectivity index (χ1) is 7.93. The van der Waals surface area contributed by atoms with E-state index in [1.807, 2.05) is 0 Å². The van der Waals surface area contributed by atoms with Crippen molar-refractivity contribution in [3.8, 4) is 0 Å². The van der Waals surface area contributed by atoms with Crippen LogP contribution in [0.2, 0.25) is 0 Å². The monoisotopic (exact) mass is 254 g/mol. The van der Waals surface area contributed by atoms with Crippen LogP contribution in [-0.2, 0) is 0 Å². The van der Waals surface area contributed by atoms with Gasteiger partial charge < -0.3 is 0 Å². The van der Waals surface area contributed by atoms with Crippen molar-refractivity contribution in [3.05, 3.63) is 0 Å². The van der Waals surface area contributed by atoms with E-state index in [1.165, 1.54) is 25.7 Å². The van der Waals surface area contributed by atoms with Crippen molar-refractivity contribution >= 4 is 23.5 Å². The van der Waals surface area contributed by atoms with Crippen LogP contribution >= 0.6 is 23.5 Å². The standard InChI is InChI=1S/C14H22S2/c1-3-7-11-9(5-1)13-14(15-11)10-6-2-4-8-12(10)16-13/h9-14H,1-8H2. The second-order valence-corrected chi connectivity index (χ2v) is 9.02. The molecule has 2 saturated heterocycles. The van der Waals surface area contributed by atoms with Gasteiger partial charge in [-0.15, -0.1) is 0 Å². The zero-order chi connectivity index (χ0) is 10.5. The molecule has 4 rings (SSSR count). The lowest BCUT2D eigenvalue weighted by Crippen LogP contribution is -2.26. The van der Waals surface area contributed by atoms with Crippen LogP contribution in [-0.4, -0.2) is 21.0 Å². The van der Waals surface area contributed by atoms with Crippen molar-refractivity contribution in [2.75, 3.05) is 0 Å². The van der Waals surface area contributed by atoms with Gasteiger partial charge in [-0.25, -0.2) is 0 Å². The van der Waals surface area contributed by atoms with Crippen LogP contribution in [0.4, 0.5) is 0 Å². The van der Waals surface area contributed by atoms with Crippen LogP contribution in [0, 0.1) is 11.8 Å². The van der Waals surface area contributed by atoms with E-state index in [9.17, 15) is 0 Å². The Kier molecular flexibility index (Phi) is 2.73. The Labute approximate surface area is 108 Å². The van der Waals surface area contributed by atoms with Gasteiger partial charge in [0, 0.05) is 21.0 Å². The Morgan fingerprint density at radius 1 is 0.562 bits per heavy atom. The lowest BCUT2D eigenvalue weighted by atomic mass is 9.80. The van der Waals surface area contributed by atoms with Gasteiger partial charge in [-0.1, -0.05) is 25.7 Å². The molecule has 6 atom stereocenters. The molecule has 2 heterocycles. The number of fused-ring (bicyclic) bond motifs is 5. The highest BCUT2D eigenvalue weighted by Gasteiger charge is 2.54. The molecule has 2 saturated carbocycles. The smallest absolute Gasteiger partial charge is 0.0211 e. The summed E-state index contributed by atoms with van der Waals surface area (Å²) in [6.07, 6.45) is 12.3. The molecule has 0 N–H and O–H groups in total. The van der Waals surface area contributed by atoms with Crippen molar-refractivity contribution in [2.45, 2.75) is 72.4 Å². The molecule has 2 heteroatoms. The number of hydrogen-bond donors (Lipinski definition) is 0. The summed E-state index contributed by atoms with van der Waals surface area (Å²) in [6, 6.07) is 0. The Hall–Kier alpha value is 0.700. The maximum Gasteiger partial charge on any atom is 0.0211 e. The molecule has 6 unspecified atom stereocenters. The van der Waals surface area contributed by atoms with Crippen molar-refractivity contribution < 1.29 is 0 Å². The molecule has 0 aromatic rings. The largest absolute Gasteiger partial charge is 0.153 e. The SMILES string of the molecule is C1CCC2C(C1)SC1C3CCCCC3SC21. The molecular formula is C14H22S2. The highest BCUT2D eigenvalue weighted by molar-refractivity contribution is 8.06. The van der Waals surface area contributed by atoms with E-state index in [2.05, 4.69) is 23.5 Å². The number of rotatable bonds is 0. The molecule has 4 fully saturated rings. The summed E-state index contributed by atoms with van der Waals surface area (Å²) in [5.41, 5.74) is 0. The van der Waals surface area contributed by atoms with E-state index in [-0.39, 0.29) is 0 Å². The summed E-state index contributed by atoms with van der Waals surface area (Å²) in [5.74, 6) is 2.22. The van der Waals surface area contributed by atoms with Crippen LogP contribution in [0.1, 0.15) is 51.4 Å². The minimum atomic E-state index is 1.07. The molecule has 16 heavy (non-hydrogen) atoms. The van der Waals surface area contributed by atoms with Gasteiger partial charge in [-0.05, 0) is 37.5 Å². The second-order valence-electron chi connectivity index (χ2n) is 6.17. The summed E-state index contributed by atoms with van der Waals surface area (Å²) < 4.78 is 0. The topological polar surface area (TPSA) is 0 Å². The van der Waals surface area contributed by atoms with E-state index in [0.29, 0.717) is 0 Å². The fraction of sp³-hybridized carbons (Fsp3) is 1.00. The zero-order valence-corrected chi connectivity index (χ0v) is 11.6. The maximum atomic E-state index is 2.43. The molecule has 2 aliphatic heterocycles. The van der Waals surface area contributed by atoms with Gasteiger partial charge in [0.1, 0.15) is 0 Å². The maximum absolute atomic E-state index is 2.43. The second kappa shape index (κ2) is 4.12. The molecule has 0 nitrogen and oxygen atoms in total. The van der Waals surface area contributed by atoms with Gasteiger partial charge in [0.15, 0.2) is 0 Å². The summed E-state index contributed by atoms with van der Waals surface area (Å²) in [5, 5.41) is 4.28. The minimum absolute atomic E-state index is 1.07. The Morgan fingerprint density at radius 3 is 1.50 bits per heavy atom. The highest BCUT2D eigenvalue weighted by Crippen LogP contribution is 2.61. The van der Waals surface area contributed by atoms with Crippen molar-refractivity contribution in [2.24, 2.45) is 11.8 Å². The van der Waals surface area contributed by atoms with Gasteiger partial charge in [0.25, 0.3) is 0 Å². The molecular weight excluding hydrogens is 232 g/mol. The van der Waals surface area contributed by atoms with Crippen molar-refractivity contribution in [3.63, 3.8) is 0 Å². The number of hydrogen-bond acceptors (Lipinski definition) is 2. The van der Waals surface area contributed by atoms with Crippen molar-refractivity contribution in [1.82, 2.24) is 0 Å². The summed E-state index contributed by atoms with van der Waals surface area (Å²) >= 11 is 4.86. The lowest BCUT2D eigenvalue weighted by molar-refractivity contribution is 0.343. The van der Waals surface area contributed by atoms with E-state index in [0.717, 1.165) is 32.8 Å². The van der Waals surface area contributed by atoms with Crippen LogP contribution < -0.4 is 0 Å². The zero-order valence-electron chi connectivity index (χ0n) is 9.94. The molecule has 0 aromatic carbocycles. The van der Waals surface area contributed by atoms with Crippen LogP contribution in [0.3, 0.4) is 0 Å². The summed E-state index contributed by atoms with van der Waals surface area (Å²) in [4.78, 5) is 0.